The summed E-state index contributed by atoms with van der Waals surface area (Å²) < 4.78 is 1.69. The Morgan fingerprint density at radius 3 is 2.73 bits per heavy atom. The molecule has 6 heteroatoms. The van der Waals surface area contributed by atoms with E-state index in [2.05, 4.69) is 32.8 Å². The molecule has 2 aromatic heterocycles. The van der Waals surface area contributed by atoms with Crippen LogP contribution >= 0.6 is 0 Å². The minimum absolute atomic E-state index is 0.0923. The van der Waals surface area contributed by atoms with Crippen LogP contribution in [0.3, 0.4) is 0 Å². The maximum atomic E-state index is 12.2. The van der Waals surface area contributed by atoms with Crippen LogP contribution in [0.1, 0.15) is 24.5 Å². The Morgan fingerprint density at radius 1 is 1.12 bits per heavy atom. The fraction of sp³-hybridized carbons (Fsp3) is 0.250. The highest BCUT2D eigenvalue weighted by atomic mass is 16.2. The lowest BCUT2D eigenvalue weighted by Crippen LogP contribution is -2.40. The standard InChI is InChI=1S/C20H23N5O/c1-16(10-11-17-7-3-2-4-8-17)24-20(26)22-15-18-9-5-12-21-19(18)25-14-6-13-23-25/h2-9,12-14,16H,10-11,15H2,1H3,(H2,22,24,26). The van der Waals surface area contributed by atoms with Gasteiger partial charge in [-0.3, -0.25) is 0 Å². The third-order valence-corrected chi connectivity index (χ3v) is 4.11. The Balaban J connectivity index is 1.48. The summed E-state index contributed by atoms with van der Waals surface area (Å²) in [6, 6.07) is 15.8. The summed E-state index contributed by atoms with van der Waals surface area (Å²) in [5.41, 5.74) is 2.18. The number of carbonyl (C=O) groups is 1. The van der Waals surface area contributed by atoms with Crippen molar-refractivity contribution in [2.75, 3.05) is 0 Å². The Hall–Kier alpha value is -3.15. The molecule has 1 unspecified atom stereocenters. The molecule has 0 aliphatic carbocycles. The molecule has 2 N–H and O–H groups in total. The largest absolute Gasteiger partial charge is 0.336 e. The molecule has 0 radical (unpaired) electrons. The molecule has 0 bridgehead atoms. The molecular weight excluding hydrogens is 326 g/mol. The molecule has 0 saturated heterocycles. The maximum Gasteiger partial charge on any atom is 0.315 e. The minimum Gasteiger partial charge on any atom is -0.336 e. The Morgan fingerprint density at radius 2 is 1.96 bits per heavy atom. The molecule has 26 heavy (non-hydrogen) atoms. The zero-order valence-corrected chi connectivity index (χ0v) is 14.8. The number of pyridine rings is 1. The maximum absolute atomic E-state index is 12.2. The van der Waals surface area contributed by atoms with E-state index in [4.69, 9.17) is 0 Å². The molecule has 0 spiro atoms. The number of carbonyl (C=O) groups excluding carboxylic acids is 1. The van der Waals surface area contributed by atoms with Crippen LogP contribution in [0, 0.1) is 0 Å². The third-order valence-electron chi connectivity index (χ3n) is 4.11. The van der Waals surface area contributed by atoms with Gasteiger partial charge in [0.05, 0.1) is 0 Å². The molecule has 6 nitrogen and oxygen atoms in total. The van der Waals surface area contributed by atoms with E-state index in [9.17, 15) is 4.79 Å². The normalized spacial score (nSPS) is 11.7. The first-order chi connectivity index (χ1) is 12.7. The predicted octanol–water partition coefficient (Wildman–Crippen LogP) is 3.09. The molecule has 2 amide bonds. The predicted molar refractivity (Wildman–Crippen MR) is 101 cm³/mol. The van der Waals surface area contributed by atoms with Gasteiger partial charge in [0.15, 0.2) is 5.82 Å². The average molecular weight is 349 g/mol. The zero-order chi connectivity index (χ0) is 18.2. The number of rotatable bonds is 7. The monoisotopic (exact) mass is 349 g/mol. The van der Waals surface area contributed by atoms with E-state index in [1.54, 1.807) is 17.1 Å². The summed E-state index contributed by atoms with van der Waals surface area (Å²) in [5.74, 6) is 0.718. The molecule has 0 fully saturated rings. The van der Waals surface area contributed by atoms with E-state index in [0.717, 1.165) is 24.2 Å². The van der Waals surface area contributed by atoms with Crippen molar-refractivity contribution in [3.8, 4) is 5.82 Å². The van der Waals surface area contributed by atoms with Crippen molar-refractivity contribution < 1.29 is 4.79 Å². The molecule has 3 aromatic rings. The van der Waals surface area contributed by atoms with Crippen molar-refractivity contribution in [1.29, 1.82) is 0 Å². The fourth-order valence-electron chi connectivity index (χ4n) is 2.72. The first-order valence-corrected chi connectivity index (χ1v) is 8.74. The van der Waals surface area contributed by atoms with Crippen molar-refractivity contribution in [2.24, 2.45) is 0 Å². The lowest BCUT2D eigenvalue weighted by molar-refractivity contribution is 0.237. The number of hydrogen-bond acceptors (Lipinski definition) is 3. The van der Waals surface area contributed by atoms with E-state index in [1.165, 1.54) is 5.56 Å². The number of nitrogens with zero attached hydrogens (tertiary/aromatic N) is 3. The van der Waals surface area contributed by atoms with Gasteiger partial charge in [-0.15, -0.1) is 0 Å². The van der Waals surface area contributed by atoms with Crippen molar-refractivity contribution in [3.63, 3.8) is 0 Å². The summed E-state index contributed by atoms with van der Waals surface area (Å²) in [5, 5.41) is 10.1. The molecule has 0 aliphatic heterocycles. The van der Waals surface area contributed by atoms with Gasteiger partial charge in [0, 0.05) is 36.7 Å². The lowest BCUT2D eigenvalue weighted by Gasteiger charge is -2.15. The number of amides is 2. The third kappa shape index (κ3) is 4.92. The summed E-state index contributed by atoms with van der Waals surface area (Å²) in [7, 11) is 0. The number of benzene rings is 1. The van der Waals surface area contributed by atoms with Crippen LogP contribution < -0.4 is 10.6 Å². The van der Waals surface area contributed by atoms with Crippen molar-refractivity contribution in [2.45, 2.75) is 32.4 Å². The van der Waals surface area contributed by atoms with Crippen molar-refractivity contribution in [1.82, 2.24) is 25.4 Å². The summed E-state index contributed by atoms with van der Waals surface area (Å²) in [6.07, 6.45) is 7.08. The number of aryl methyl sites for hydroxylation is 1. The van der Waals surface area contributed by atoms with Gasteiger partial charge in [-0.25, -0.2) is 14.5 Å². The summed E-state index contributed by atoms with van der Waals surface area (Å²) >= 11 is 0. The molecule has 1 aromatic carbocycles. The quantitative estimate of drug-likeness (QED) is 0.688. The average Bonchev–Trinajstić information content (AvgIpc) is 3.20. The number of nitrogens with one attached hydrogen (secondary N) is 2. The van der Waals surface area contributed by atoms with Gasteiger partial charge < -0.3 is 10.6 Å². The van der Waals surface area contributed by atoms with Gasteiger partial charge in [-0.1, -0.05) is 36.4 Å². The van der Waals surface area contributed by atoms with E-state index in [0.29, 0.717) is 6.54 Å². The zero-order valence-electron chi connectivity index (χ0n) is 14.8. The van der Waals surface area contributed by atoms with E-state index >= 15 is 0 Å². The van der Waals surface area contributed by atoms with Crippen LogP contribution in [-0.2, 0) is 13.0 Å². The van der Waals surface area contributed by atoms with Gasteiger partial charge in [-0.2, -0.15) is 5.10 Å². The second kappa shape index (κ2) is 8.80. The highest BCUT2D eigenvalue weighted by molar-refractivity contribution is 5.74. The van der Waals surface area contributed by atoms with Crippen LogP contribution in [0.5, 0.6) is 0 Å². The van der Waals surface area contributed by atoms with Gasteiger partial charge >= 0.3 is 6.03 Å². The molecule has 134 valence electrons. The van der Waals surface area contributed by atoms with E-state index < -0.39 is 0 Å². The molecule has 1 atom stereocenters. The van der Waals surface area contributed by atoms with Crippen LogP contribution in [0.25, 0.3) is 5.82 Å². The van der Waals surface area contributed by atoms with Crippen LogP contribution in [0.4, 0.5) is 4.79 Å². The van der Waals surface area contributed by atoms with Crippen LogP contribution in [-0.4, -0.2) is 26.8 Å². The second-order valence-electron chi connectivity index (χ2n) is 6.19. The molecule has 2 heterocycles. The highest BCUT2D eigenvalue weighted by Crippen LogP contribution is 2.10. The Kier molecular flexibility index (Phi) is 5.98. The van der Waals surface area contributed by atoms with Gasteiger partial charge in [-0.05, 0) is 37.5 Å². The smallest absolute Gasteiger partial charge is 0.315 e. The fourth-order valence-corrected chi connectivity index (χ4v) is 2.72. The Bertz CT molecular complexity index is 817. The Labute approximate surface area is 153 Å². The topological polar surface area (TPSA) is 71.8 Å². The second-order valence-corrected chi connectivity index (χ2v) is 6.19. The first-order valence-electron chi connectivity index (χ1n) is 8.74. The number of hydrogen-bond donors (Lipinski definition) is 2. The number of aromatic nitrogens is 3. The SMILES string of the molecule is CC(CCc1ccccc1)NC(=O)NCc1cccnc1-n1cccn1. The van der Waals surface area contributed by atoms with Gasteiger partial charge in [0.1, 0.15) is 0 Å². The molecular formula is C20H23N5O. The van der Waals surface area contributed by atoms with Gasteiger partial charge in [0.25, 0.3) is 0 Å². The number of urea groups is 1. The van der Waals surface area contributed by atoms with Crippen LogP contribution in [0.2, 0.25) is 0 Å². The molecule has 0 saturated carbocycles. The van der Waals surface area contributed by atoms with Gasteiger partial charge in [0.2, 0.25) is 0 Å². The molecule has 3 rings (SSSR count). The van der Waals surface area contributed by atoms with Crippen LogP contribution in [0.15, 0.2) is 67.1 Å². The lowest BCUT2D eigenvalue weighted by atomic mass is 10.1. The molecule has 0 aliphatic rings. The highest BCUT2D eigenvalue weighted by Gasteiger charge is 2.10. The summed E-state index contributed by atoms with van der Waals surface area (Å²) in [6.45, 7) is 2.40. The minimum atomic E-state index is -0.180. The van der Waals surface area contributed by atoms with E-state index in [1.807, 2.05) is 49.5 Å². The van der Waals surface area contributed by atoms with Crippen molar-refractivity contribution >= 4 is 6.03 Å². The first kappa shape index (κ1) is 17.7. The van der Waals surface area contributed by atoms with E-state index in [-0.39, 0.29) is 12.1 Å². The van der Waals surface area contributed by atoms with Crippen molar-refractivity contribution in [3.05, 3.63) is 78.2 Å². The summed E-state index contributed by atoms with van der Waals surface area (Å²) in [4.78, 5) is 16.5.